The van der Waals surface area contributed by atoms with Crippen molar-refractivity contribution in [3.8, 4) is 0 Å². The van der Waals surface area contributed by atoms with Gasteiger partial charge in [-0.05, 0) is 68.3 Å². The first-order valence-electron chi connectivity index (χ1n) is 7.99. The maximum atomic E-state index is 11.3. The minimum Gasteiger partial charge on any atom is -0.481 e. The monoisotopic (exact) mass is 289 g/mol. The molecule has 2 atom stereocenters. The molecule has 2 unspecified atom stereocenters. The van der Waals surface area contributed by atoms with Crippen molar-refractivity contribution in [1.29, 1.82) is 0 Å². The van der Waals surface area contributed by atoms with Crippen molar-refractivity contribution >= 4 is 5.97 Å². The second-order valence-corrected chi connectivity index (χ2v) is 6.48. The van der Waals surface area contributed by atoms with Crippen LogP contribution in [0.2, 0.25) is 0 Å². The van der Waals surface area contributed by atoms with Crippen molar-refractivity contribution in [2.75, 3.05) is 6.54 Å². The Balaban J connectivity index is 1.91. The molecule has 0 spiro atoms. The highest BCUT2D eigenvalue weighted by Gasteiger charge is 2.30. The number of hydrogen-bond donors (Lipinski definition) is 2. The molecule has 0 heterocycles. The number of carbonyl (C=O) groups is 1. The van der Waals surface area contributed by atoms with Gasteiger partial charge in [-0.25, -0.2) is 0 Å². The van der Waals surface area contributed by atoms with E-state index in [9.17, 15) is 9.90 Å². The van der Waals surface area contributed by atoms with E-state index in [1.54, 1.807) is 0 Å². The van der Waals surface area contributed by atoms with Crippen LogP contribution in [0.3, 0.4) is 0 Å². The summed E-state index contributed by atoms with van der Waals surface area (Å²) in [4.78, 5) is 11.3. The Morgan fingerprint density at radius 3 is 2.52 bits per heavy atom. The summed E-state index contributed by atoms with van der Waals surface area (Å²) in [5, 5.41) is 12.8. The van der Waals surface area contributed by atoms with E-state index in [1.807, 2.05) is 0 Å². The Kier molecular flexibility index (Phi) is 5.40. The molecule has 3 heteroatoms. The fraction of sp³-hybridized carbons (Fsp3) is 0.611. The molecule has 1 aromatic rings. The van der Waals surface area contributed by atoms with Crippen LogP contribution in [0.5, 0.6) is 0 Å². The Labute approximate surface area is 127 Å². The van der Waals surface area contributed by atoms with Crippen LogP contribution in [0.1, 0.15) is 47.9 Å². The first-order chi connectivity index (χ1) is 9.99. The smallest absolute Gasteiger partial charge is 0.306 e. The summed E-state index contributed by atoms with van der Waals surface area (Å²) in [6.07, 6.45) is 4.10. The van der Waals surface area contributed by atoms with Gasteiger partial charge in [0.25, 0.3) is 0 Å². The topological polar surface area (TPSA) is 49.3 Å². The van der Waals surface area contributed by atoms with Crippen LogP contribution in [0.25, 0.3) is 0 Å². The second kappa shape index (κ2) is 7.08. The fourth-order valence-corrected chi connectivity index (χ4v) is 3.38. The molecule has 116 valence electrons. The van der Waals surface area contributed by atoms with E-state index in [2.05, 4.69) is 38.2 Å². The first-order valence-corrected chi connectivity index (χ1v) is 7.99. The Morgan fingerprint density at radius 1 is 1.14 bits per heavy atom. The predicted molar refractivity (Wildman–Crippen MR) is 85.4 cm³/mol. The molecular formula is C18H27NO2. The zero-order chi connectivity index (χ0) is 15.4. The molecule has 21 heavy (non-hydrogen) atoms. The van der Waals surface area contributed by atoms with Gasteiger partial charge in [-0.2, -0.15) is 0 Å². The standard InChI is InChI=1S/C18H27NO2/c1-12-8-14(3)16(9-13(12)2)11-19-10-15-6-4-5-7-17(15)18(20)21/h8-9,15,17,19H,4-7,10-11H2,1-3H3,(H,20,21). The van der Waals surface area contributed by atoms with Gasteiger partial charge in [-0.1, -0.05) is 25.0 Å². The molecular weight excluding hydrogens is 262 g/mol. The molecule has 0 saturated heterocycles. The number of carboxylic acids is 1. The van der Waals surface area contributed by atoms with Crippen molar-refractivity contribution in [3.05, 3.63) is 34.4 Å². The van der Waals surface area contributed by atoms with Crippen molar-refractivity contribution in [2.45, 2.75) is 53.0 Å². The second-order valence-electron chi connectivity index (χ2n) is 6.48. The summed E-state index contributed by atoms with van der Waals surface area (Å²) in [6, 6.07) is 4.47. The van der Waals surface area contributed by atoms with Crippen molar-refractivity contribution in [1.82, 2.24) is 5.32 Å². The molecule has 0 radical (unpaired) electrons. The van der Waals surface area contributed by atoms with Gasteiger partial charge in [0, 0.05) is 6.54 Å². The van der Waals surface area contributed by atoms with E-state index in [4.69, 9.17) is 0 Å². The van der Waals surface area contributed by atoms with E-state index in [0.717, 1.165) is 32.4 Å². The van der Waals surface area contributed by atoms with E-state index in [-0.39, 0.29) is 11.8 Å². The van der Waals surface area contributed by atoms with Gasteiger partial charge in [-0.15, -0.1) is 0 Å². The SMILES string of the molecule is Cc1cc(C)c(CNCC2CCCCC2C(=O)O)cc1C. The minimum atomic E-state index is -0.621. The van der Waals surface area contributed by atoms with Crippen LogP contribution in [0, 0.1) is 32.6 Å². The maximum absolute atomic E-state index is 11.3. The highest BCUT2D eigenvalue weighted by molar-refractivity contribution is 5.70. The van der Waals surface area contributed by atoms with E-state index in [0.29, 0.717) is 0 Å². The lowest BCUT2D eigenvalue weighted by Gasteiger charge is -2.28. The van der Waals surface area contributed by atoms with Gasteiger partial charge in [0.2, 0.25) is 0 Å². The third-order valence-electron chi connectivity index (χ3n) is 4.90. The fourth-order valence-electron chi connectivity index (χ4n) is 3.38. The molecule has 1 saturated carbocycles. The summed E-state index contributed by atoms with van der Waals surface area (Å²) < 4.78 is 0. The lowest BCUT2D eigenvalue weighted by atomic mass is 9.79. The summed E-state index contributed by atoms with van der Waals surface area (Å²) in [7, 11) is 0. The van der Waals surface area contributed by atoms with E-state index >= 15 is 0 Å². The normalized spacial score (nSPS) is 22.2. The molecule has 1 aromatic carbocycles. The number of aliphatic carboxylic acids is 1. The van der Waals surface area contributed by atoms with Gasteiger partial charge in [0.1, 0.15) is 0 Å². The largest absolute Gasteiger partial charge is 0.481 e. The predicted octanol–water partition coefficient (Wildman–Crippen LogP) is 3.59. The van der Waals surface area contributed by atoms with Crippen LogP contribution >= 0.6 is 0 Å². The first kappa shape index (κ1) is 16.0. The van der Waals surface area contributed by atoms with Crippen molar-refractivity contribution < 1.29 is 9.90 Å². The minimum absolute atomic E-state index is 0.160. The Bertz CT molecular complexity index is 510. The molecule has 2 N–H and O–H groups in total. The number of aryl methyl sites for hydroxylation is 3. The van der Waals surface area contributed by atoms with Gasteiger partial charge in [0.05, 0.1) is 5.92 Å². The van der Waals surface area contributed by atoms with Crippen LogP contribution in [-0.4, -0.2) is 17.6 Å². The van der Waals surface area contributed by atoms with Crippen molar-refractivity contribution in [3.63, 3.8) is 0 Å². The summed E-state index contributed by atoms with van der Waals surface area (Å²) in [5.74, 6) is -0.501. The number of rotatable bonds is 5. The Hall–Kier alpha value is -1.35. The molecule has 1 aliphatic carbocycles. The van der Waals surface area contributed by atoms with E-state index in [1.165, 1.54) is 28.7 Å². The molecule has 3 nitrogen and oxygen atoms in total. The molecule has 1 fully saturated rings. The van der Waals surface area contributed by atoms with Crippen LogP contribution < -0.4 is 5.32 Å². The third kappa shape index (κ3) is 4.07. The molecule has 0 aromatic heterocycles. The van der Waals surface area contributed by atoms with Crippen LogP contribution in [-0.2, 0) is 11.3 Å². The maximum Gasteiger partial charge on any atom is 0.306 e. The average molecular weight is 289 g/mol. The number of benzene rings is 1. The molecule has 2 rings (SSSR count). The van der Waals surface area contributed by atoms with Crippen molar-refractivity contribution in [2.24, 2.45) is 11.8 Å². The number of hydrogen-bond acceptors (Lipinski definition) is 2. The van der Waals surface area contributed by atoms with Gasteiger partial charge in [0.15, 0.2) is 0 Å². The lowest BCUT2D eigenvalue weighted by Crippen LogP contribution is -2.34. The highest BCUT2D eigenvalue weighted by atomic mass is 16.4. The summed E-state index contributed by atoms with van der Waals surface area (Å²) >= 11 is 0. The average Bonchev–Trinajstić information content (AvgIpc) is 2.44. The zero-order valence-electron chi connectivity index (χ0n) is 13.4. The van der Waals surface area contributed by atoms with Crippen LogP contribution in [0.4, 0.5) is 0 Å². The highest BCUT2D eigenvalue weighted by Crippen LogP contribution is 2.29. The lowest BCUT2D eigenvalue weighted by molar-refractivity contribution is -0.144. The number of carboxylic acid groups (broad SMARTS) is 1. The van der Waals surface area contributed by atoms with Gasteiger partial charge < -0.3 is 10.4 Å². The van der Waals surface area contributed by atoms with Gasteiger partial charge in [-0.3, -0.25) is 4.79 Å². The molecule has 0 amide bonds. The summed E-state index contributed by atoms with van der Waals surface area (Å²) in [5.41, 5.74) is 5.28. The molecule has 1 aliphatic rings. The van der Waals surface area contributed by atoms with Gasteiger partial charge >= 0.3 is 5.97 Å². The Morgan fingerprint density at radius 2 is 1.81 bits per heavy atom. The quantitative estimate of drug-likeness (QED) is 0.871. The third-order valence-corrected chi connectivity index (χ3v) is 4.90. The summed E-state index contributed by atoms with van der Waals surface area (Å²) in [6.45, 7) is 8.06. The zero-order valence-corrected chi connectivity index (χ0v) is 13.4. The van der Waals surface area contributed by atoms with E-state index < -0.39 is 5.97 Å². The van der Waals surface area contributed by atoms with Crippen LogP contribution in [0.15, 0.2) is 12.1 Å². The molecule has 0 bridgehead atoms. The number of nitrogens with one attached hydrogen (secondary N) is 1. The molecule has 0 aliphatic heterocycles.